The number of fused-ring (bicyclic) bond motifs is 4. The van der Waals surface area contributed by atoms with Gasteiger partial charge in [-0.25, -0.2) is 0 Å². The minimum atomic E-state index is -1.84. The summed E-state index contributed by atoms with van der Waals surface area (Å²) < 4.78 is 10.5. The molecule has 0 spiro atoms. The SMILES string of the molecule is COc1cc(C=C[C@H]2C3=CC[C@@H]4C(=O)N(C)C(=O)[C@@H]4[C@@H]3C[C@@]3(Cl)C(=O)N(C)C(=O)[C@@]23Cl)cc(OC)c1O. The van der Waals surface area contributed by atoms with Crippen molar-refractivity contribution in [1.82, 2.24) is 9.80 Å². The van der Waals surface area contributed by atoms with Crippen molar-refractivity contribution in [3.05, 3.63) is 35.4 Å². The second-order valence-corrected chi connectivity index (χ2v) is 11.2. The molecule has 0 radical (unpaired) electrons. The number of allylic oxidation sites excluding steroid dienone is 3. The van der Waals surface area contributed by atoms with E-state index >= 15 is 0 Å². The van der Waals surface area contributed by atoms with E-state index in [9.17, 15) is 24.3 Å². The lowest BCUT2D eigenvalue weighted by molar-refractivity contribution is -0.140. The van der Waals surface area contributed by atoms with Gasteiger partial charge < -0.3 is 14.6 Å². The topological polar surface area (TPSA) is 113 Å². The van der Waals surface area contributed by atoms with E-state index in [0.29, 0.717) is 17.6 Å². The number of phenolic OH excluding ortho intramolecular Hbond substituents is 1. The number of likely N-dealkylation sites (tertiary alicyclic amines) is 2. The molecule has 4 amide bonds. The molecule has 2 saturated heterocycles. The standard InChI is InChI=1S/C26H26Cl2N2O7/c1-29-21(32)14-7-6-13-15(19(14)22(29)33)11-25(27)23(34)30(2)24(35)26(25,28)16(13)8-5-12-9-17(36-3)20(31)18(10-12)37-4/h5-6,8-10,14-16,19,31H,7,11H2,1-4H3/t14-,15+,16-,19-,25+,26-/m0/s1. The van der Waals surface area contributed by atoms with E-state index in [1.807, 2.05) is 6.08 Å². The predicted octanol–water partition coefficient (Wildman–Crippen LogP) is 2.57. The first-order valence-electron chi connectivity index (χ1n) is 11.8. The molecular weight excluding hydrogens is 523 g/mol. The van der Waals surface area contributed by atoms with E-state index in [0.717, 1.165) is 9.80 Å². The van der Waals surface area contributed by atoms with Gasteiger partial charge in [0.2, 0.25) is 17.6 Å². The number of hydrogen-bond donors (Lipinski definition) is 1. The molecule has 5 rings (SSSR count). The third-order valence-electron chi connectivity index (χ3n) is 8.27. The summed E-state index contributed by atoms with van der Waals surface area (Å²) in [4.78, 5) is 51.0. The van der Waals surface area contributed by atoms with Crippen molar-refractivity contribution in [1.29, 1.82) is 0 Å². The highest BCUT2D eigenvalue weighted by atomic mass is 35.5. The average Bonchev–Trinajstić information content (AvgIpc) is 3.18. The molecular formula is C26H26Cl2N2O7. The molecule has 1 aromatic carbocycles. The van der Waals surface area contributed by atoms with Crippen molar-refractivity contribution < 1.29 is 33.8 Å². The van der Waals surface area contributed by atoms with Crippen molar-refractivity contribution in [2.24, 2.45) is 23.7 Å². The highest BCUT2D eigenvalue weighted by Gasteiger charge is 2.75. The first-order chi connectivity index (χ1) is 17.4. The number of hydrogen-bond acceptors (Lipinski definition) is 7. The van der Waals surface area contributed by atoms with Crippen LogP contribution in [0.1, 0.15) is 18.4 Å². The molecule has 3 fully saturated rings. The predicted molar refractivity (Wildman–Crippen MR) is 134 cm³/mol. The zero-order valence-electron chi connectivity index (χ0n) is 20.7. The lowest BCUT2D eigenvalue weighted by atomic mass is 9.57. The Kier molecular flexibility index (Phi) is 5.88. The van der Waals surface area contributed by atoms with Crippen LogP contribution in [0.2, 0.25) is 0 Å². The van der Waals surface area contributed by atoms with Crippen LogP contribution >= 0.6 is 23.2 Å². The van der Waals surface area contributed by atoms with Gasteiger partial charge in [-0.1, -0.05) is 23.8 Å². The van der Waals surface area contributed by atoms with Gasteiger partial charge in [0, 0.05) is 20.0 Å². The van der Waals surface area contributed by atoms with E-state index < -0.39 is 45.2 Å². The fourth-order valence-corrected chi connectivity index (χ4v) is 7.34. The second kappa shape index (κ2) is 8.49. The molecule has 9 nitrogen and oxygen atoms in total. The van der Waals surface area contributed by atoms with Crippen LogP contribution in [0.5, 0.6) is 17.2 Å². The molecule has 4 aliphatic rings. The van der Waals surface area contributed by atoms with Gasteiger partial charge in [0.05, 0.1) is 26.1 Å². The molecule has 2 aliphatic heterocycles. The fraction of sp³-hybridized carbons (Fsp3) is 0.462. The van der Waals surface area contributed by atoms with Crippen LogP contribution in [0.15, 0.2) is 29.9 Å². The Hall–Kier alpha value is -3.04. The maximum Gasteiger partial charge on any atom is 0.253 e. The van der Waals surface area contributed by atoms with E-state index in [1.54, 1.807) is 24.3 Å². The number of ether oxygens (including phenoxy) is 2. The number of amides is 4. The minimum Gasteiger partial charge on any atom is -0.502 e. The van der Waals surface area contributed by atoms with Crippen molar-refractivity contribution in [2.45, 2.75) is 22.6 Å². The van der Waals surface area contributed by atoms with Gasteiger partial charge >= 0.3 is 0 Å². The molecule has 0 aromatic heterocycles. The number of nitrogens with zero attached hydrogens (tertiary/aromatic N) is 2. The Morgan fingerprint density at radius 3 is 2.19 bits per heavy atom. The van der Waals surface area contributed by atoms with E-state index in [4.69, 9.17) is 32.7 Å². The summed E-state index contributed by atoms with van der Waals surface area (Å²) in [7, 11) is 5.60. The molecule has 1 N–H and O–H groups in total. The molecule has 2 aliphatic carbocycles. The normalized spacial score (nSPS) is 35.0. The number of carbonyl (C=O) groups is 4. The van der Waals surface area contributed by atoms with Crippen LogP contribution in [-0.2, 0) is 19.2 Å². The largest absolute Gasteiger partial charge is 0.502 e. The summed E-state index contributed by atoms with van der Waals surface area (Å²) in [5.74, 6) is -4.30. The summed E-state index contributed by atoms with van der Waals surface area (Å²) in [5, 5.41) is 10.3. The second-order valence-electron chi connectivity index (χ2n) is 9.91. The van der Waals surface area contributed by atoms with Crippen LogP contribution in [0, 0.1) is 23.7 Å². The summed E-state index contributed by atoms with van der Waals surface area (Å²) in [6, 6.07) is 3.16. The average molecular weight is 549 g/mol. The van der Waals surface area contributed by atoms with Crippen molar-refractivity contribution in [2.75, 3.05) is 28.3 Å². The molecule has 0 unspecified atom stereocenters. The Bertz CT molecular complexity index is 1280. The number of rotatable bonds is 4. The van der Waals surface area contributed by atoms with Crippen LogP contribution in [0.3, 0.4) is 0 Å². The molecule has 37 heavy (non-hydrogen) atoms. The number of aromatic hydroxyl groups is 1. The van der Waals surface area contributed by atoms with Crippen molar-refractivity contribution in [3.63, 3.8) is 0 Å². The molecule has 2 heterocycles. The van der Waals surface area contributed by atoms with Gasteiger partial charge in [-0.2, -0.15) is 0 Å². The zero-order valence-corrected chi connectivity index (χ0v) is 22.2. The molecule has 1 saturated carbocycles. The van der Waals surface area contributed by atoms with Crippen molar-refractivity contribution in [3.8, 4) is 17.2 Å². The molecule has 1 aromatic rings. The smallest absolute Gasteiger partial charge is 0.253 e. The molecule has 0 bridgehead atoms. The van der Waals surface area contributed by atoms with E-state index in [-0.39, 0.29) is 35.5 Å². The van der Waals surface area contributed by atoms with E-state index in [2.05, 4.69) is 0 Å². The Balaban J connectivity index is 1.66. The lowest BCUT2D eigenvalue weighted by Gasteiger charge is -2.49. The number of benzene rings is 1. The summed E-state index contributed by atoms with van der Waals surface area (Å²) in [5.41, 5.74) is 1.27. The van der Waals surface area contributed by atoms with Gasteiger partial charge in [-0.15, -0.1) is 23.2 Å². The van der Waals surface area contributed by atoms with Crippen LogP contribution in [0.25, 0.3) is 6.08 Å². The maximum absolute atomic E-state index is 13.4. The summed E-state index contributed by atoms with van der Waals surface area (Å²) >= 11 is 14.1. The summed E-state index contributed by atoms with van der Waals surface area (Å²) in [6.07, 6.45) is 5.49. The first-order valence-corrected chi connectivity index (χ1v) is 12.5. The van der Waals surface area contributed by atoms with Gasteiger partial charge in [-0.05, 0) is 36.5 Å². The van der Waals surface area contributed by atoms with Gasteiger partial charge in [-0.3, -0.25) is 29.0 Å². The first kappa shape index (κ1) is 25.6. The third-order valence-corrected chi connectivity index (χ3v) is 9.70. The van der Waals surface area contributed by atoms with Crippen molar-refractivity contribution >= 4 is 52.9 Å². The van der Waals surface area contributed by atoms with E-state index in [1.165, 1.54) is 28.3 Å². The van der Waals surface area contributed by atoms with Gasteiger partial charge in [0.1, 0.15) is 0 Å². The Morgan fingerprint density at radius 2 is 1.59 bits per heavy atom. The highest BCUT2D eigenvalue weighted by Crippen LogP contribution is 2.62. The number of alkyl halides is 2. The quantitative estimate of drug-likeness (QED) is 0.349. The van der Waals surface area contributed by atoms with Gasteiger partial charge in [0.25, 0.3) is 11.8 Å². The Labute approximate surface area is 223 Å². The lowest BCUT2D eigenvalue weighted by Crippen LogP contribution is -2.60. The number of imide groups is 2. The third kappa shape index (κ3) is 3.23. The Morgan fingerprint density at radius 1 is 0.973 bits per heavy atom. The molecule has 196 valence electrons. The monoisotopic (exact) mass is 548 g/mol. The maximum atomic E-state index is 13.4. The minimum absolute atomic E-state index is 0.0436. The summed E-state index contributed by atoms with van der Waals surface area (Å²) in [6.45, 7) is 0. The molecule has 11 heteroatoms. The number of methoxy groups -OCH3 is 2. The highest BCUT2D eigenvalue weighted by molar-refractivity contribution is 6.53. The molecule has 6 atom stereocenters. The van der Waals surface area contributed by atoms with Gasteiger partial charge in [0.15, 0.2) is 21.2 Å². The number of carbonyl (C=O) groups excluding carboxylic acids is 4. The zero-order chi connectivity index (χ0) is 27.0. The number of phenols is 1. The van der Waals surface area contributed by atoms with Crippen LogP contribution in [0.4, 0.5) is 0 Å². The number of halogens is 2. The van der Waals surface area contributed by atoms with Crippen LogP contribution in [-0.4, -0.2) is 76.6 Å². The fourth-order valence-electron chi connectivity index (χ4n) is 6.37. The van der Waals surface area contributed by atoms with Crippen LogP contribution < -0.4 is 9.47 Å².